The van der Waals surface area contributed by atoms with Crippen LogP contribution >= 0.6 is 0 Å². The zero-order chi connectivity index (χ0) is 13.3. The van der Waals surface area contributed by atoms with Crippen LogP contribution in [0.3, 0.4) is 0 Å². The van der Waals surface area contributed by atoms with Crippen molar-refractivity contribution in [1.82, 2.24) is 0 Å². The summed E-state index contributed by atoms with van der Waals surface area (Å²) in [6, 6.07) is 8.14. The Kier molecular flexibility index (Phi) is 5.94. The highest BCUT2D eigenvalue weighted by atomic mass is 16.7. The Hall–Kier alpha value is -1.30. The fourth-order valence-corrected chi connectivity index (χ4v) is 2.05. The molecule has 0 radical (unpaired) electrons. The maximum absolute atomic E-state index is 5.77. The number of benzene rings is 1. The minimum atomic E-state index is -0.251. The quantitative estimate of drug-likeness (QED) is 0.601. The Balaban J connectivity index is 2.12. The fraction of sp³-hybridized carbons (Fsp3) is 0.529. The first-order chi connectivity index (χ1) is 9.42. The Bertz CT molecular complexity index is 434. The van der Waals surface area contributed by atoms with Crippen LogP contribution in [0.25, 0.3) is 0 Å². The first-order valence-corrected chi connectivity index (χ1v) is 7.23. The van der Waals surface area contributed by atoms with Gasteiger partial charge in [-0.05, 0) is 25.3 Å². The van der Waals surface area contributed by atoms with Gasteiger partial charge in [0.15, 0.2) is 6.29 Å². The van der Waals surface area contributed by atoms with Gasteiger partial charge >= 0.3 is 0 Å². The Morgan fingerprint density at radius 3 is 2.63 bits per heavy atom. The van der Waals surface area contributed by atoms with Gasteiger partial charge in [0.25, 0.3) is 0 Å². The average molecular weight is 258 g/mol. The lowest BCUT2D eigenvalue weighted by atomic mass is 10.1. The summed E-state index contributed by atoms with van der Waals surface area (Å²) >= 11 is 0. The summed E-state index contributed by atoms with van der Waals surface area (Å²) in [6.07, 6.45) is 5.19. The largest absolute Gasteiger partial charge is 0.348 e. The Morgan fingerprint density at radius 1 is 1.16 bits per heavy atom. The second kappa shape index (κ2) is 7.99. The van der Waals surface area contributed by atoms with Crippen LogP contribution in [-0.2, 0) is 9.47 Å². The zero-order valence-electron chi connectivity index (χ0n) is 11.7. The van der Waals surface area contributed by atoms with Crippen molar-refractivity contribution < 1.29 is 9.47 Å². The molecule has 0 aromatic heterocycles. The third-order valence-corrected chi connectivity index (χ3v) is 3.17. The van der Waals surface area contributed by atoms with Crippen LogP contribution in [0.4, 0.5) is 0 Å². The van der Waals surface area contributed by atoms with Gasteiger partial charge in [0, 0.05) is 17.5 Å². The van der Waals surface area contributed by atoms with E-state index in [0.717, 1.165) is 50.0 Å². The van der Waals surface area contributed by atoms with E-state index in [4.69, 9.17) is 9.47 Å². The van der Waals surface area contributed by atoms with Crippen molar-refractivity contribution in [3.05, 3.63) is 35.4 Å². The van der Waals surface area contributed by atoms with Crippen LogP contribution in [-0.4, -0.2) is 13.2 Å². The van der Waals surface area contributed by atoms with Crippen LogP contribution in [0, 0.1) is 11.8 Å². The Morgan fingerprint density at radius 2 is 1.89 bits per heavy atom. The third kappa shape index (κ3) is 4.38. The maximum atomic E-state index is 5.77. The van der Waals surface area contributed by atoms with Gasteiger partial charge in [-0.25, -0.2) is 0 Å². The van der Waals surface area contributed by atoms with E-state index in [2.05, 4.69) is 24.8 Å². The van der Waals surface area contributed by atoms with E-state index in [-0.39, 0.29) is 6.29 Å². The topological polar surface area (TPSA) is 18.5 Å². The number of rotatable bonds is 3. The lowest BCUT2D eigenvalue weighted by molar-refractivity contribution is -0.130. The van der Waals surface area contributed by atoms with E-state index in [9.17, 15) is 0 Å². The molecule has 2 rings (SSSR count). The second-order valence-corrected chi connectivity index (χ2v) is 4.77. The summed E-state index contributed by atoms with van der Waals surface area (Å²) < 4.78 is 11.5. The van der Waals surface area contributed by atoms with Crippen molar-refractivity contribution in [2.45, 2.75) is 45.3 Å². The van der Waals surface area contributed by atoms with E-state index in [1.54, 1.807) is 0 Å². The molecule has 1 saturated heterocycles. The van der Waals surface area contributed by atoms with Gasteiger partial charge < -0.3 is 9.47 Å². The molecule has 2 heteroatoms. The van der Waals surface area contributed by atoms with E-state index >= 15 is 0 Å². The van der Waals surface area contributed by atoms with Gasteiger partial charge in [-0.2, -0.15) is 0 Å². The van der Waals surface area contributed by atoms with E-state index in [0.29, 0.717) is 0 Å². The molecule has 2 nitrogen and oxygen atoms in total. The molecule has 0 unspecified atom stereocenters. The molecular weight excluding hydrogens is 236 g/mol. The second-order valence-electron chi connectivity index (χ2n) is 4.77. The third-order valence-electron chi connectivity index (χ3n) is 3.17. The Labute approximate surface area is 116 Å². The van der Waals surface area contributed by atoms with Crippen LogP contribution in [0.5, 0.6) is 0 Å². The fourth-order valence-electron chi connectivity index (χ4n) is 2.05. The van der Waals surface area contributed by atoms with E-state index < -0.39 is 0 Å². The molecule has 0 saturated carbocycles. The van der Waals surface area contributed by atoms with Crippen molar-refractivity contribution >= 4 is 0 Å². The monoisotopic (exact) mass is 258 g/mol. The van der Waals surface area contributed by atoms with Gasteiger partial charge in [0.2, 0.25) is 0 Å². The lowest BCUT2D eigenvalue weighted by Gasteiger charge is -2.17. The van der Waals surface area contributed by atoms with Crippen molar-refractivity contribution in [2.24, 2.45) is 0 Å². The summed E-state index contributed by atoms with van der Waals surface area (Å²) in [5.41, 5.74) is 2.10. The van der Waals surface area contributed by atoms with Crippen LogP contribution < -0.4 is 0 Å². The first-order valence-electron chi connectivity index (χ1n) is 7.23. The summed E-state index contributed by atoms with van der Waals surface area (Å²) in [6.45, 7) is 3.72. The molecule has 1 heterocycles. The molecule has 1 aliphatic rings. The molecule has 19 heavy (non-hydrogen) atoms. The lowest BCUT2D eigenvalue weighted by Crippen LogP contribution is -2.08. The highest BCUT2D eigenvalue weighted by molar-refractivity contribution is 5.42. The predicted molar refractivity (Wildman–Crippen MR) is 76.7 cm³/mol. The minimum Gasteiger partial charge on any atom is -0.348 e. The smallest absolute Gasteiger partial charge is 0.184 e. The van der Waals surface area contributed by atoms with Crippen LogP contribution in [0.15, 0.2) is 24.3 Å². The summed E-state index contributed by atoms with van der Waals surface area (Å²) in [5, 5.41) is 0. The molecule has 1 fully saturated rings. The molecule has 0 spiro atoms. The standard InChI is InChI=1S/C17H22O2/c1-2-3-4-5-10-15-11-6-7-12-16(15)17-18-13-8-9-14-19-17/h6-7,11-12,17H,2-4,8-9,13-14H2,1H3. The van der Waals surface area contributed by atoms with Crippen molar-refractivity contribution in [1.29, 1.82) is 0 Å². The molecule has 102 valence electrons. The highest BCUT2D eigenvalue weighted by Gasteiger charge is 2.17. The SMILES string of the molecule is CCCCC#Cc1ccccc1C1OCCCCO1. The van der Waals surface area contributed by atoms with Crippen molar-refractivity contribution in [3.8, 4) is 11.8 Å². The average Bonchev–Trinajstić information content (AvgIpc) is 2.73. The normalized spacial score (nSPS) is 16.5. The summed E-state index contributed by atoms with van der Waals surface area (Å²) in [5.74, 6) is 6.49. The van der Waals surface area contributed by atoms with Gasteiger partial charge in [-0.3, -0.25) is 0 Å². The summed E-state index contributed by atoms with van der Waals surface area (Å²) in [7, 11) is 0. The molecule has 0 atom stereocenters. The number of ether oxygens (including phenoxy) is 2. The van der Waals surface area contributed by atoms with Crippen LogP contribution in [0.1, 0.15) is 56.4 Å². The minimum absolute atomic E-state index is 0.251. The van der Waals surface area contributed by atoms with Gasteiger partial charge in [-0.1, -0.05) is 43.4 Å². The zero-order valence-corrected chi connectivity index (χ0v) is 11.7. The number of hydrogen-bond acceptors (Lipinski definition) is 2. The molecule has 0 amide bonds. The predicted octanol–water partition coefficient (Wildman–Crippen LogP) is 4.05. The first kappa shape index (κ1) is 14.1. The van der Waals surface area contributed by atoms with Crippen molar-refractivity contribution in [3.63, 3.8) is 0 Å². The van der Waals surface area contributed by atoms with Gasteiger partial charge in [0.05, 0.1) is 13.2 Å². The van der Waals surface area contributed by atoms with E-state index in [1.807, 2.05) is 18.2 Å². The molecule has 0 aliphatic carbocycles. The molecule has 1 aromatic rings. The molecular formula is C17H22O2. The van der Waals surface area contributed by atoms with Crippen molar-refractivity contribution in [2.75, 3.05) is 13.2 Å². The molecule has 0 bridgehead atoms. The molecule has 1 aliphatic heterocycles. The van der Waals surface area contributed by atoms with Gasteiger partial charge in [0.1, 0.15) is 0 Å². The number of unbranched alkanes of at least 4 members (excludes halogenated alkanes) is 2. The number of hydrogen-bond donors (Lipinski definition) is 0. The molecule has 0 N–H and O–H groups in total. The van der Waals surface area contributed by atoms with Crippen LogP contribution in [0.2, 0.25) is 0 Å². The highest BCUT2D eigenvalue weighted by Crippen LogP contribution is 2.25. The summed E-state index contributed by atoms with van der Waals surface area (Å²) in [4.78, 5) is 0. The van der Waals surface area contributed by atoms with Gasteiger partial charge in [-0.15, -0.1) is 0 Å². The molecule has 1 aromatic carbocycles. The van der Waals surface area contributed by atoms with E-state index in [1.165, 1.54) is 6.42 Å². The maximum Gasteiger partial charge on any atom is 0.184 e.